The summed E-state index contributed by atoms with van der Waals surface area (Å²) >= 11 is 1.20. The van der Waals surface area contributed by atoms with Gasteiger partial charge >= 0.3 is 5.97 Å². The molecule has 1 N–H and O–H groups in total. The van der Waals surface area contributed by atoms with Crippen LogP contribution in [0.1, 0.15) is 31.7 Å². The zero-order chi connectivity index (χ0) is 18.6. The molecule has 0 saturated heterocycles. The summed E-state index contributed by atoms with van der Waals surface area (Å²) < 4.78 is 6.41. The first-order chi connectivity index (χ1) is 11.8. The van der Waals surface area contributed by atoms with Crippen molar-refractivity contribution in [2.75, 3.05) is 12.9 Å². The van der Waals surface area contributed by atoms with Gasteiger partial charge in [0, 0.05) is 11.4 Å². The maximum Gasteiger partial charge on any atom is 0.328 e. The lowest BCUT2D eigenvalue weighted by Gasteiger charge is -2.21. The topological polar surface area (TPSA) is 98.5 Å². The fourth-order valence-electron chi connectivity index (χ4n) is 2.35. The molecule has 0 aliphatic heterocycles. The van der Waals surface area contributed by atoms with Crippen molar-refractivity contribution in [3.05, 3.63) is 17.5 Å². The Morgan fingerprint density at radius 2 is 2.08 bits per heavy atom. The van der Waals surface area contributed by atoms with Crippen LogP contribution in [0, 0.1) is 19.8 Å². The van der Waals surface area contributed by atoms with Crippen molar-refractivity contribution in [2.24, 2.45) is 5.92 Å². The maximum atomic E-state index is 12.2. The zero-order valence-corrected chi connectivity index (χ0v) is 15.9. The molecular formula is C16H23N5O3S. The lowest BCUT2D eigenvalue weighted by Crippen LogP contribution is -2.46. The molecule has 0 aliphatic rings. The Morgan fingerprint density at radius 3 is 2.72 bits per heavy atom. The summed E-state index contributed by atoms with van der Waals surface area (Å²) in [5.74, 6) is -0.0926. The van der Waals surface area contributed by atoms with Crippen LogP contribution in [-0.4, -0.2) is 50.4 Å². The molecule has 8 nitrogen and oxygen atoms in total. The summed E-state index contributed by atoms with van der Waals surface area (Å²) in [5, 5.41) is 7.54. The van der Waals surface area contributed by atoms with Crippen molar-refractivity contribution in [3.8, 4) is 0 Å². The van der Waals surface area contributed by atoms with E-state index in [1.807, 2.05) is 33.8 Å². The molecule has 136 valence electrons. The average molecular weight is 365 g/mol. The third-order valence-corrected chi connectivity index (χ3v) is 4.75. The lowest BCUT2D eigenvalue weighted by molar-refractivity contribution is -0.146. The number of carbonyl (C=O) groups excluding carboxylic acids is 2. The quantitative estimate of drug-likeness (QED) is 0.587. The van der Waals surface area contributed by atoms with E-state index in [0.29, 0.717) is 10.9 Å². The van der Waals surface area contributed by atoms with Gasteiger partial charge in [0.1, 0.15) is 6.04 Å². The molecule has 0 unspecified atom stereocenters. The number of carbonyl (C=O) groups is 2. The first-order valence-corrected chi connectivity index (χ1v) is 9.05. The molecule has 0 bridgehead atoms. The second kappa shape index (κ2) is 8.28. The minimum absolute atomic E-state index is 0.00968. The first-order valence-electron chi connectivity index (χ1n) is 8.06. The van der Waals surface area contributed by atoms with Crippen molar-refractivity contribution in [1.29, 1.82) is 0 Å². The Kier molecular flexibility index (Phi) is 6.35. The number of methoxy groups -OCH3 is 1. The van der Waals surface area contributed by atoms with E-state index >= 15 is 0 Å². The second-order valence-corrected chi connectivity index (χ2v) is 6.83. The number of aryl methyl sites for hydroxylation is 2. The van der Waals surface area contributed by atoms with Gasteiger partial charge in [0.25, 0.3) is 5.78 Å². The summed E-state index contributed by atoms with van der Waals surface area (Å²) in [6, 6.07) is 1.26. The van der Waals surface area contributed by atoms with Crippen LogP contribution in [0.4, 0.5) is 0 Å². The Bertz CT molecular complexity index is 776. The van der Waals surface area contributed by atoms with E-state index in [1.54, 1.807) is 4.52 Å². The highest BCUT2D eigenvalue weighted by Gasteiger charge is 2.26. The van der Waals surface area contributed by atoms with Crippen LogP contribution in [-0.2, 0) is 14.3 Å². The average Bonchev–Trinajstić information content (AvgIpc) is 2.99. The molecule has 0 radical (unpaired) electrons. The Hall–Kier alpha value is -2.16. The van der Waals surface area contributed by atoms with Crippen LogP contribution in [0.2, 0.25) is 0 Å². The maximum absolute atomic E-state index is 12.2. The first kappa shape index (κ1) is 19.2. The number of amides is 1. The fraction of sp³-hybridized carbons (Fsp3) is 0.562. The van der Waals surface area contributed by atoms with Crippen LogP contribution >= 0.6 is 11.8 Å². The van der Waals surface area contributed by atoms with Crippen LogP contribution in [0.5, 0.6) is 0 Å². The summed E-state index contributed by atoms with van der Waals surface area (Å²) in [4.78, 5) is 32.7. The number of thioether (sulfide) groups is 1. The Balaban J connectivity index is 2.01. The van der Waals surface area contributed by atoms with Gasteiger partial charge < -0.3 is 10.1 Å². The van der Waals surface area contributed by atoms with Gasteiger partial charge in [-0.1, -0.05) is 32.0 Å². The molecule has 2 aromatic rings. The molecule has 0 aromatic carbocycles. The predicted octanol–water partition coefficient (Wildman–Crippen LogP) is 1.54. The largest absolute Gasteiger partial charge is 0.467 e. The van der Waals surface area contributed by atoms with Gasteiger partial charge in [-0.25, -0.2) is 14.3 Å². The molecule has 2 aromatic heterocycles. The number of ether oxygens (including phenoxy) is 1. The fourth-order valence-corrected chi connectivity index (χ4v) is 2.98. The number of fused-ring (bicyclic) bond motifs is 1. The normalized spacial score (nSPS) is 13.5. The molecule has 0 aliphatic carbocycles. The molecule has 0 saturated carbocycles. The number of aromatic nitrogens is 4. The number of nitrogens with one attached hydrogen (secondary N) is 1. The standard InChI is InChI=1S/C16H23N5O3S/c1-6-9(2)13(14(23)24-5)18-12(22)8-25-16-19-15-17-10(3)7-11(4)21(15)20-16/h7,9,13H,6,8H2,1-5H3,(H,18,22)/t9-,13-/m0/s1. The van der Waals surface area contributed by atoms with E-state index in [2.05, 4.69) is 20.4 Å². The van der Waals surface area contributed by atoms with Gasteiger partial charge in [-0.2, -0.15) is 4.98 Å². The van der Waals surface area contributed by atoms with E-state index in [4.69, 9.17) is 4.74 Å². The number of esters is 1. The molecule has 2 atom stereocenters. The molecular weight excluding hydrogens is 342 g/mol. The highest BCUT2D eigenvalue weighted by Crippen LogP contribution is 2.16. The van der Waals surface area contributed by atoms with Crippen molar-refractivity contribution < 1.29 is 14.3 Å². The van der Waals surface area contributed by atoms with Crippen LogP contribution in [0.25, 0.3) is 5.78 Å². The third-order valence-electron chi connectivity index (χ3n) is 3.92. The van der Waals surface area contributed by atoms with Crippen molar-refractivity contribution in [2.45, 2.75) is 45.3 Å². The molecule has 25 heavy (non-hydrogen) atoms. The number of hydrogen-bond donors (Lipinski definition) is 1. The predicted molar refractivity (Wildman–Crippen MR) is 94.4 cm³/mol. The summed E-state index contributed by atoms with van der Waals surface area (Å²) in [6.07, 6.45) is 0.755. The highest BCUT2D eigenvalue weighted by atomic mass is 32.2. The van der Waals surface area contributed by atoms with Crippen LogP contribution in [0.3, 0.4) is 0 Å². The van der Waals surface area contributed by atoms with Gasteiger partial charge in [0.2, 0.25) is 11.1 Å². The van der Waals surface area contributed by atoms with E-state index in [-0.39, 0.29) is 17.6 Å². The van der Waals surface area contributed by atoms with Crippen LogP contribution < -0.4 is 5.32 Å². The summed E-state index contributed by atoms with van der Waals surface area (Å²) in [5.41, 5.74) is 1.79. The molecule has 2 rings (SSSR count). The smallest absolute Gasteiger partial charge is 0.328 e. The summed E-state index contributed by atoms with van der Waals surface area (Å²) in [7, 11) is 1.32. The molecule has 1 amide bonds. The van der Waals surface area contributed by atoms with E-state index in [9.17, 15) is 9.59 Å². The van der Waals surface area contributed by atoms with Crippen molar-refractivity contribution in [1.82, 2.24) is 24.9 Å². The molecule has 2 heterocycles. The monoisotopic (exact) mass is 365 g/mol. The second-order valence-electron chi connectivity index (χ2n) is 5.89. The number of nitrogens with zero attached hydrogens (tertiary/aromatic N) is 4. The Labute approximate surface area is 150 Å². The van der Waals surface area contributed by atoms with E-state index < -0.39 is 12.0 Å². The van der Waals surface area contributed by atoms with Crippen LogP contribution in [0.15, 0.2) is 11.2 Å². The SMILES string of the molecule is CC[C@H](C)[C@H](NC(=O)CSc1nc2nc(C)cc(C)n2n1)C(=O)OC. The summed E-state index contributed by atoms with van der Waals surface area (Å²) in [6.45, 7) is 7.67. The molecule has 0 spiro atoms. The van der Waals surface area contributed by atoms with E-state index in [1.165, 1.54) is 18.9 Å². The van der Waals surface area contributed by atoms with Gasteiger partial charge in [-0.3, -0.25) is 4.79 Å². The van der Waals surface area contributed by atoms with Gasteiger partial charge in [0.05, 0.1) is 12.9 Å². The third kappa shape index (κ3) is 4.68. The zero-order valence-electron chi connectivity index (χ0n) is 15.1. The minimum Gasteiger partial charge on any atom is -0.467 e. The molecule has 0 fully saturated rings. The van der Waals surface area contributed by atoms with E-state index in [0.717, 1.165) is 17.8 Å². The Morgan fingerprint density at radius 1 is 1.36 bits per heavy atom. The van der Waals surface area contributed by atoms with Crippen molar-refractivity contribution in [3.63, 3.8) is 0 Å². The number of hydrogen-bond acceptors (Lipinski definition) is 7. The lowest BCUT2D eigenvalue weighted by atomic mass is 9.99. The molecule has 9 heteroatoms. The van der Waals surface area contributed by atoms with Gasteiger partial charge in [-0.05, 0) is 25.8 Å². The number of rotatable bonds is 7. The minimum atomic E-state index is -0.649. The highest BCUT2D eigenvalue weighted by molar-refractivity contribution is 7.99. The van der Waals surface area contributed by atoms with Crippen molar-refractivity contribution >= 4 is 29.4 Å². The van der Waals surface area contributed by atoms with Gasteiger partial charge in [0.15, 0.2) is 0 Å². The van der Waals surface area contributed by atoms with Gasteiger partial charge in [-0.15, -0.1) is 5.10 Å².